The summed E-state index contributed by atoms with van der Waals surface area (Å²) in [6.45, 7) is 5.97. The molecule has 0 spiro atoms. The minimum Gasteiger partial charge on any atom is -0.356 e. The van der Waals surface area contributed by atoms with E-state index in [1.165, 1.54) is 5.01 Å². The number of piperidine rings is 1. The molecule has 0 aromatic carbocycles. The Hall–Kier alpha value is -0.940. The Morgan fingerprint density at radius 2 is 2.47 bits per heavy atom. The molecule has 3 atom stereocenters. The maximum absolute atomic E-state index is 11.6. The van der Waals surface area contributed by atoms with E-state index in [2.05, 4.69) is 22.1 Å². The molecule has 3 rings (SSSR count). The third-order valence-electron chi connectivity index (χ3n) is 4.00. The summed E-state index contributed by atoms with van der Waals surface area (Å²) in [7, 11) is 0. The molecule has 0 aliphatic carbocycles. The Kier molecular flexibility index (Phi) is 2.88. The Morgan fingerprint density at radius 1 is 1.59 bits per heavy atom. The number of nitrogens with zero attached hydrogens (tertiary/aromatic N) is 2. The van der Waals surface area contributed by atoms with Crippen molar-refractivity contribution in [3.8, 4) is 0 Å². The monoisotopic (exact) mass is 251 g/mol. The van der Waals surface area contributed by atoms with Crippen LogP contribution in [0.3, 0.4) is 0 Å². The normalized spacial score (nSPS) is 33.5. The molecule has 3 heterocycles. The topological polar surface area (TPSA) is 45.2 Å². The van der Waals surface area contributed by atoms with Crippen molar-refractivity contribution in [2.45, 2.75) is 13.5 Å². The molecule has 2 fully saturated rings. The summed E-state index contributed by atoms with van der Waals surface area (Å²) < 4.78 is 0. The summed E-state index contributed by atoms with van der Waals surface area (Å²) >= 11 is 1.71. The first-order chi connectivity index (χ1) is 8.24. The summed E-state index contributed by atoms with van der Waals surface area (Å²) in [4.78, 5) is 18.4. The highest BCUT2D eigenvalue weighted by atomic mass is 32.1. The maximum atomic E-state index is 11.6. The van der Waals surface area contributed by atoms with E-state index in [0.29, 0.717) is 11.8 Å². The number of fused-ring (bicyclic) bond motifs is 1. The number of aromatic nitrogens is 1. The van der Waals surface area contributed by atoms with E-state index in [4.69, 9.17) is 0 Å². The van der Waals surface area contributed by atoms with Crippen LogP contribution >= 0.6 is 11.3 Å². The van der Waals surface area contributed by atoms with Gasteiger partial charge >= 0.3 is 0 Å². The van der Waals surface area contributed by atoms with Gasteiger partial charge in [-0.25, -0.2) is 4.98 Å². The summed E-state index contributed by atoms with van der Waals surface area (Å²) in [6, 6.07) is 0. The Morgan fingerprint density at radius 3 is 3.24 bits per heavy atom. The highest BCUT2D eigenvalue weighted by Gasteiger charge is 2.41. The SMILES string of the molecule is C[C@H]1C(=O)NC[C@H]2CN(Cc3nccs3)C[C@H]21. The lowest BCUT2D eigenvalue weighted by atomic mass is 9.81. The van der Waals surface area contributed by atoms with Crippen molar-refractivity contribution in [3.05, 3.63) is 16.6 Å². The molecule has 5 heteroatoms. The number of likely N-dealkylation sites (tertiary alicyclic amines) is 1. The van der Waals surface area contributed by atoms with Crippen LogP contribution < -0.4 is 5.32 Å². The lowest BCUT2D eigenvalue weighted by Crippen LogP contribution is -2.46. The molecule has 2 saturated heterocycles. The number of rotatable bonds is 2. The number of nitrogens with one attached hydrogen (secondary N) is 1. The smallest absolute Gasteiger partial charge is 0.223 e. The van der Waals surface area contributed by atoms with Crippen LogP contribution in [-0.2, 0) is 11.3 Å². The highest BCUT2D eigenvalue weighted by Crippen LogP contribution is 2.33. The van der Waals surface area contributed by atoms with Crippen molar-refractivity contribution in [1.29, 1.82) is 0 Å². The molecule has 92 valence electrons. The fourth-order valence-corrected chi connectivity index (χ4v) is 3.67. The van der Waals surface area contributed by atoms with Gasteiger partial charge in [0.15, 0.2) is 0 Å². The molecule has 2 aliphatic heterocycles. The average molecular weight is 251 g/mol. The van der Waals surface area contributed by atoms with Crippen LogP contribution in [0.15, 0.2) is 11.6 Å². The number of carbonyl (C=O) groups excluding carboxylic acids is 1. The van der Waals surface area contributed by atoms with Gasteiger partial charge in [0.2, 0.25) is 5.91 Å². The lowest BCUT2D eigenvalue weighted by molar-refractivity contribution is -0.128. The van der Waals surface area contributed by atoms with Crippen LogP contribution in [0.2, 0.25) is 0 Å². The standard InChI is InChI=1S/C12H17N3OS/c1-8-10-6-15(7-11-13-2-3-17-11)5-9(10)4-14-12(8)16/h2-3,8-10H,4-7H2,1H3,(H,14,16)/t8-,9+,10+/m1/s1. The largest absolute Gasteiger partial charge is 0.356 e. The predicted molar refractivity (Wildman–Crippen MR) is 66.5 cm³/mol. The van der Waals surface area contributed by atoms with Gasteiger partial charge in [-0.15, -0.1) is 11.3 Å². The zero-order valence-electron chi connectivity index (χ0n) is 9.93. The lowest BCUT2D eigenvalue weighted by Gasteiger charge is -2.30. The van der Waals surface area contributed by atoms with E-state index in [0.717, 1.165) is 26.2 Å². The molecule has 4 nitrogen and oxygen atoms in total. The minimum absolute atomic E-state index is 0.162. The second-order valence-electron chi connectivity index (χ2n) is 5.08. The number of hydrogen-bond donors (Lipinski definition) is 1. The van der Waals surface area contributed by atoms with Crippen molar-refractivity contribution in [3.63, 3.8) is 0 Å². The van der Waals surface area contributed by atoms with E-state index in [9.17, 15) is 4.79 Å². The number of carbonyl (C=O) groups is 1. The van der Waals surface area contributed by atoms with Crippen molar-refractivity contribution in [1.82, 2.24) is 15.2 Å². The second-order valence-corrected chi connectivity index (χ2v) is 6.06. The van der Waals surface area contributed by atoms with Crippen LogP contribution in [0.1, 0.15) is 11.9 Å². The molecular weight excluding hydrogens is 234 g/mol. The van der Waals surface area contributed by atoms with Gasteiger partial charge < -0.3 is 5.32 Å². The number of hydrogen-bond acceptors (Lipinski definition) is 4. The zero-order chi connectivity index (χ0) is 11.8. The van der Waals surface area contributed by atoms with Crippen molar-refractivity contribution in [2.24, 2.45) is 17.8 Å². The summed E-state index contributed by atoms with van der Waals surface area (Å²) in [5.41, 5.74) is 0. The van der Waals surface area contributed by atoms with Crippen LogP contribution in [0.5, 0.6) is 0 Å². The van der Waals surface area contributed by atoms with Crippen LogP contribution in [0.4, 0.5) is 0 Å². The number of amides is 1. The third-order valence-corrected chi connectivity index (χ3v) is 4.77. The Labute approximate surface area is 105 Å². The van der Waals surface area contributed by atoms with Gasteiger partial charge in [-0.05, 0) is 11.8 Å². The molecule has 0 saturated carbocycles. The molecule has 0 bridgehead atoms. The molecule has 1 aromatic rings. The van der Waals surface area contributed by atoms with Crippen molar-refractivity contribution < 1.29 is 4.79 Å². The Bertz CT molecular complexity index is 406. The highest BCUT2D eigenvalue weighted by molar-refractivity contribution is 7.09. The van der Waals surface area contributed by atoms with Crippen LogP contribution in [0, 0.1) is 17.8 Å². The zero-order valence-corrected chi connectivity index (χ0v) is 10.7. The van der Waals surface area contributed by atoms with Gasteiger partial charge in [0.25, 0.3) is 0 Å². The molecule has 1 aromatic heterocycles. The molecule has 17 heavy (non-hydrogen) atoms. The van der Waals surface area contributed by atoms with Crippen LogP contribution in [0.25, 0.3) is 0 Å². The first-order valence-corrected chi connectivity index (χ1v) is 7.00. The second kappa shape index (κ2) is 4.38. The molecule has 1 amide bonds. The minimum atomic E-state index is 0.162. The molecular formula is C12H17N3OS. The van der Waals surface area contributed by atoms with E-state index in [1.54, 1.807) is 11.3 Å². The van der Waals surface area contributed by atoms with Gasteiger partial charge in [-0.1, -0.05) is 6.92 Å². The van der Waals surface area contributed by atoms with E-state index in [-0.39, 0.29) is 11.8 Å². The molecule has 0 radical (unpaired) electrons. The average Bonchev–Trinajstić information content (AvgIpc) is 2.93. The summed E-state index contributed by atoms with van der Waals surface area (Å²) in [5, 5.41) is 6.20. The van der Waals surface area contributed by atoms with E-state index >= 15 is 0 Å². The van der Waals surface area contributed by atoms with Crippen molar-refractivity contribution in [2.75, 3.05) is 19.6 Å². The molecule has 1 N–H and O–H groups in total. The fourth-order valence-electron chi connectivity index (χ4n) is 3.01. The van der Waals surface area contributed by atoms with Gasteiger partial charge in [0.1, 0.15) is 5.01 Å². The van der Waals surface area contributed by atoms with Crippen LogP contribution in [-0.4, -0.2) is 35.4 Å². The van der Waals surface area contributed by atoms with Gasteiger partial charge in [-0.2, -0.15) is 0 Å². The first kappa shape index (κ1) is 11.2. The summed E-state index contributed by atoms with van der Waals surface area (Å²) in [5.74, 6) is 1.55. The van der Waals surface area contributed by atoms with Gasteiger partial charge in [-0.3, -0.25) is 9.69 Å². The van der Waals surface area contributed by atoms with E-state index in [1.807, 2.05) is 11.6 Å². The molecule has 2 aliphatic rings. The van der Waals surface area contributed by atoms with Gasteiger partial charge in [0, 0.05) is 37.1 Å². The van der Waals surface area contributed by atoms with Gasteiger partial charge in [0.05, 0.1) is 6.54 Å². The van der Waals surface area contributed by atoms with E-state index < -0.39 is 0 Å². The van der Waals surface area contributed by atoms with Crippen molar-refractivity contribution >= 4 is 17.2 Å². The Balaban J connectivity index is 1.66. The third kappa shape index (κ3) is 2.09. The quantitative estimate of drug-likeness (QED) is 0.851. The predicted octanol–water partition coefficient (Wildman–Crippen LogP) is 0.957. The fraction of sp³-hybridized carbons (Fsp3) is 0.667. The molecule has 0 unspecified atom stereocenters. The summed E-state index contributed by atoms with van der Waals surface area (Å²) in [6.07, 6.45) is 1.86. The maximum Gasteiger partial charge on any atom is 0.223 e. The first-order valence-electron chi connectivity index (χ1n) is 6.12. The number of thiazole rings is 1.